The van der Waals surface area contributed by atoms with Gasteiger partial charge in [0, 0.05) is 0 Å². The Kier molecular flexibility index (Phi) is 2.53. The molecule has 0 unspecified atom stereocenters. The first-order valence-corrected chi connectivity index (χ1v) is 4.41. The van der Waals surface area contributed by atoms with Crippen molar-refractivity contribution in [3.8, 4) is 0 Å². The molecule has 0 spiro atoms. The quantitative estimate of drug-likeness (QED) is 0.393. The third-order valence-electron chi connectivity index (χ3n) is 2.30. The van der Waals surface area contributed by atoms with E-state index in [4.69, 9.17) is 0 Å². The van der Waals surface area contributed by atoms with E-state index >= 15 is 0 Å². The predicted molar refractivity (Wildman–Crippen MR) is 48.0 cm³/mol. The highest BCUT2D eigenvalue weighted by molar-refractivity contribution is 5.71. The van der Waals surface area contributed by atoms with Crippen LogP contribution >= 0.6 is 0 Å². The van der Waals surface area contributed by atoms with Gasteiger partial charge >= 0.3 is 0 Å². The minimum absolute atomic E-state index is 0.0767. The Hall–Kier alpha value is -1.65. The van der Waals surface area contributed by atoms with E-state index in [1.54, 1.807) is 6.08 Å². The van der Waals surface area contributed by atoms with Crippen molar-refractivity contribution >= 4 is 5.57 Å². The Morgan fingerprint density at radius 3 is 1.69 bits per heavy atom. The first kappa shape index (κ1) is 10.9. The maximum absolute atomic E-state index is 13.3. The Morgan fingerprint density at radius 1 is 0.750 bits per heavy atom. The summed E-state index contributed by atoms with van der Waals surface area (Å²) >= 11 is 0. The number of hydrogen-bond donors (Lipinski definition) is 0. The monoisotopic (exact) mass is 232 g/mol. The Bertz CT molecular complexity index is 485. The van der Waals surface area contributed by atoms with Gasteiger partial charge in [-0.2, -0.15) is 0 Å². The summed E-state index contributed by atoms with van der Waals surface area (Å²) < 4.78 is 64.9. The summed E-state index contributed by atoms with van der Waals surface area (Å²) in [6.07, 6.45) is 4.53. The zero-order chi connectivity index (χ0) is 11.9. The molecule has 0 saturated carbocycles. The number of halogens is 5. The van der Waals surface area contributed by atoms with Gasteiger partial charge in [0.15, 0.2) is 23.3 Å². The average Bonchev–Trinajstić information content (AvgIpc) is 2.77. The lowest BCUT2D eigenvalue weighted by atomic mass is 10.0. The number of allylic oxidation sites excluding steroid dienone is 4. The molecule has 0 atom stereocenters. The molecule has 0 amide bonds. The maximum Gasteiger partial charge on any atom is 0.200 e. The lowest BCUT2D eigenvalue weighted by Gasteiger charge is -2.08. The summed E-state index contributed by atoms with van der Waals surface area (Å²) in [6.45, 7) is 0. The van der Waals surface area contributed by atoms with Crippen LogP contribution in [-0.2, 0) is 0 Å². The fraction of sp³-hybridized carbons (Fsp3) is 0.0909. The van der Waals surface area contributed by atoms with Crippen molar-refractivity contribution in [2.75, 3.05) is 0 Å². The summed E-state index contributed by atoms with van der Waals surface area (Å²) in [6, 6.07) is 0. The molecule has 1 aromatic carbocycles. The van der Waals surface area contributed by atoms with Crippen molar-refractivity contribution in [1.82, 2.24) is 0 Å². The van der Waals surface area contributed by atoms with Crippen LogP contribution in [0.25, 0.3) is 5.57 Å². The molecule has 0 bridgehead atoms. The molecular weight excluding hydrogens is 227 g/mol. The smallest absolute Gasteiger partial charge is 0.200 e. The lowest BCUT2D eigenvalue weighted by Crippen LogP contribution is -2.06. The summed E-state index contributed by atoms with van der Waals surface area (Å²) in [4.78, 5) is 0. The van der Waals surface area contributed by atoms with Crippen LogP contribution < -0.4 is 0 Å². The molecule has 0 fully saturated rings. The SMILES string of the molecule is Fc1c(F)c(F)c(C2=CC=CC2)c(F)c1F. The third-order valence-corrected chi connectivity index (χ3v) is 2.30. The number of rotatable bonds is 1. The maximum atomic E-state index is 13.3. The summed E-state index contributed by atoms with van der Waals surface area (Å²) in [5.74, 6) is -9.54. The first-order chi connectivity index (χ1) is 7.54. The number of hydrogen-bond acceptors (Lipinski definition) is 0. The van der Waals surface area contributed by atoms with Crippen molar-refractivity contribution in [2.24, 2.45) is 0 Å². The van der Waals surface area contributed by atoms with Crippen molar-refractivity contribution < 1.29 is 22.0 Å². The average molecular weight is 232 g/mol. The molecule has 2 rings (SSSR count). The second-order valence-corrected chi connectivity index (χ2v) is 3.27. The van der Waals surface area contributed by atoms with Gasteiger partial charge < -0.3 is 0 Å². The first-order valence-electron chi connectivity index (χ1n) is 4.41. The van der Waals surface area contributed by atoms with Gasteiger partial charge in [0.25, 0.3) is 0 Å². The van der Waals surface area contributed by atoms with Gasteiger partial charge in [-0.05, 0) is 12.0 Å². The molecule has 0 heterocycles. The zero-order valence-electron chi connectivity index (χ0n) is 7.83. The van der Waals surface area contributed by atoms with Crippen LogP contribution in [0.15, 0.2) is 18.2 Å². The molecule has 0 radical (unpaired) electrons. The summed E-state index contributed by atoms with van der Waals surface area (Å²) in [7, 11) is 0. The van der Waals surface area contributed by atoms with Crippen LogP contribution in [0.1, 0.15) is 12.0 Å². The molecule has 0 aromatic heterocycles. The second-order valence-electron chi connectivity index (χ2n) is 3.27. The van der Waals surface area contributed by atoms with E-state index in [1.165, 1.54) is 12.2 Å². The Morgan fingerprint density at radius 2 is 1.25 bits per heavy atom. The zero-order valence-corrected chi connectivity index (χ0v) is 7.83. The molecule has 0 nitrogen and oxygen atoms in total. The fourth-order valence-electron chi connectivity index (χ4n) is 1.52. The molecule has 0 N–H and O–H groups in total. The van der Waals surface area contributed by atoms with Gasteiger partial charge in [-0.3, -0.25) is 0 Å². The topological polar surface area (TPSA) is 0 Å². The van der Waals surface area contributed by atoms with Gasteiger partial charge in [0.2, 0.25) is 5.82 Å². The molecule has 16 heavy (non-hydrogen) atoms. The number of benzene rings is 1. The highest BCUT2D eigenvalue weighted by atomic mass is 19.2. The molecule has 0 saturated heterocycles. The lowest BCUT2D eigenvalue weighted by molar-refractivity contribution is 0.376. The second kappa shape index (κ2) is 3.73. The van der Waals surface area contributed by atoms with E-state index in [2.05, 4.69) is 0 Å². The van der Waals surface area contributed by atoms with Gasteiger partial charge in [-0.15, -0.1) is 0 Å². The van der Waals surface area contributed by atoms with E-state index in [-0.39, 0.29) is 12.0 Å². The van der Waals surface area contributed by atoms with Crippen LogP contribution in [-0.4, -0.2) is 0 Å². The van der Waals surface area contributed by atoms with Gasteiger partial charge in [-0.1, -0.05) is 18.2 Å². The summed E-state index contributed by atoms with van der Waals surface area (Å²) in [5, 5.41) is 0. The molecule has 5 heteroatoms. The van der Waals surface area contributed by atoms with E-state index in [9.17, 15) is 22.0 Å². The van der Waals surface area contributed by atoms with Crippen molar-refractivity contribution in [3.63, 3.8) is 0 Å². The normalized spacial score (nSPS) is 14.4. The summed E-state index contributed by atoms with van der Waals surface area (Å²) in [5.41, 5.74) is -0.769. The van der Waals surface area contributed by atoms with Crippen molar-refractivity contribution in [1.29, 1.82) is 0 Å². The molecule has 1 aromatic rings. The van der Waals surface area contributed by atoms with Crippen LogP contribution in [0, 0.1) is 29.1 Å². The highest BCUT2D eigenvalue weighted by Gasteiger charge is 2.27. The van der Waals surface area contributed by atoms with Gasteiger partial charge in [0.1, 0.15) is 0 Å². The van der Waals surface area contributed by atoms with E-state index in [0.29, 0.717) is 0 Å². The molecule has 84 valence electrons. The largest absolute Gasteiger partial charge is 0.203 e. The van der Waals surface area contributed by atoms with E-state index in [0.717, 1.165) is 0 Å². The Balaban J connectivity index is 2.70. The van der Waals surface area contributed by atoms with Crippen molar-refractivity contribution in [3.05, 3.63) is 52.9 Å². The molecule has 1 aliphatic carbocycles. The minimum atomic E-state index is -2.13. The molecule has 1 aliphatic rings. The van der Waals surface area contributed by atoms with Crippen LogP contribution in [0.3, 0.4) is 0 Å². The van der Waals surface area contributed by atoms with Gasteiger partial charge in [0.05, 0.1) is 5.56 Å². The molecule has 0 aliphatic heterocycles. The Labute approximate surface area is 87.7 Å². The minimum Gasteiger partial charge on any atom is -0.203 e. The van der Waals surface area contributed by atoms with Crippen molar-refractivity contribution in [2.45, 2.75) is 6.42 Å². The predicted octanol–water partition coefficient (Wildman–Crippen LogP) is 3.73. The third kappa shape index (κ3) is 1.43. The van der Waals surface area contributed by atoms with Gasteiger partial charge in [-0.25, -0.2) is 22.0 Å². The highest BCUT2D eigenvalue weighted by Crippen LogP contribution is 2.31. The standard InChI is InChI=1S/C11H5F5/c12-7-6(5-3-1-2-4-5)8(13)10(15)11(16)9(7)14/h1-3H,4H2. The van der Waals surface area contributed by atoms with Crippen LogP contribution in [0.5, 0.6) is 0 Å². The van der Waals surface area contributed by atoms with Crippen LogP contribution in [0.2, 0.25) is 0 Å². The van der Waals surface area contributed by atoms with Crippen LogP contribution in [0.4, 0.5) is 22.0 Å². The fourth-order valence-corrected chi connectivity index (χ4v) is 1.52. The molecular formula is C11H5F5. The van der Waals surface area contributed by atoms with E-state index in [1.807, 2.05) is 0 Å². The van der Waals surface area contributed by atoms with E-state index < -0.39 is 34.6 Å².